The minimum atomic E-state index is -0.868. The zero-order chi connectivity index (χ0) is 7.56. The first-order valence-corrected chi connectivity index (χ1v) is 3.05. The third-order valence-electron chi connectivity index (χ3n) is 1.25. The molecule has 0 radical (unpaired) electrons. The van der Waals surface area contributed by atoms with Gasteiger partial charge in [-0.05, 0) is 12.5 Å². The number of nitrogens with two attached hydrogens (primary N) is 1. The summed E-state index contributed by atoms with van der Waals surface area (Å²) in [5, 5.41) is 8.86. The van der Waals surface area contributed by atoms with Gasteiger partial charge < -0.3 is 15.6 Å². The number of aliphatic hydroxyl groups is 1. The SMILES string of the molecule is NC(=O)C1=CCCC(O)O1. The van der Waals surface area contributed by atoms with E-state index in [1.807, 2.05) is 0 Å². The lowest BCUT2D eigenvalue weighted by Gasteiger charge is -2.17. The molecule has 0 aromatic carbocycles. The van der Waals surface area contributed by atoms with Gasteiger partial charge >= 0.3 is 0 Å². The zero-order valence-electron chi connectivity index (χ0n) is 5.41. The molecule has 0 aromatic rings. The van der Waals surface area contributed by atoms with Crippen LogP contribution in [0.25, 0.3) is 0 Å². The first-order chi connectivity index (χ1) is 4.70. The van der Waals surface area contributed by atoms with Crippen LogP contribution < -0.4 is 5.73 Å². The summed E-state index contributed by atoms with van der Waals surface area (Å²) >= 11 is 0. The number of ether oxygens (including phenoxy) is 1. The maximum absolute atomic E-state index is 10.4. The fourth-order valence-corrected chi connectivity index (χ4v) is 0.769. The summed E-state index contributed by atoms with van der Waals surface area (Å²) in [6.45, 7) is 0. The minimum Gasteiger partial charge on any atom is -0.460 e. The largest absolute Gasteiger partial charge is 0.460 e. The summed E-state index contributed by atoms with van der Waals surface area (Å²) in [5.74, 6) is -0.558. The van der Waals surface area contributed by atoms with Crippen LogP contribution in [0.5, 0.6) is 0 Å². The van der Waals surface area contributed by atoms with Crippen LogP contribution in [0, 0.1) is 0 Å². The van der Waals surface area contributed by atoms with Crippen molar-refractivity contribution < 1.29 is 14.6 Å². The van der Waals surface area contributed by atoms with Gasteiger partial charge in [0, 0.05) is 6.42 Å². The zero-order valence-corrected chi connectivity index (χ0v) is 5.41. The molecule has 0 spiro atoms. The molecule has 1 aliphatic rings. The molecular weight excluding hydrogens is 134 g/mol. The van der Waals surface area contributed by atoms with Gasteiger partial charge in [0.1, 0.15) is 0 Å². The van der Waals surface area contributed by atoms with Crippen molar-refractivity contribution in [3.05, 3.63) is 11.8 Å². The van der Waals surface area contributed by atoms with Crippen LogP contribution in [0.3, 0.4) is 0 Å². The van der Waals surface area contributed by atoms with E-state index in [0.29, 0.717) is 12.8 Å². The molecular formula is C6H9NO3. The first-order valence-electron chi connectivity index (χ1n) is 3.05. The average molecular weight is 143 g/mol. The first kappa shape index (κ1) is 7.08. The Morgan fingerprint density at radius 2 is 2.60 bits per heavy atom. The molecule has 10 heavy (non-hydrogen) atoms. The van der Waals surface area contributed by atoms with Crippen molar-refractivity contribution >= 4 is 5.91 Å². The van der Waals surface area contributed by atoms with Gasteiger partial charge in [-0.15, -0.1) is 0 Å². The van der Waals surface area contributed by atoms with Crippen molar-refractivity contribution in [2.45, 2.75) is 19.1 Å². The molecule has 0 aliphatic carbocycles. The van der Waals surface area contributed by atoms with Gasteiger partial charge in [-0.1, -0.05) is 0 Å². The Balaban J connectivity index is 2.60. The lowest BCUT2D eigenvalue weighted by atomic mass is 10.2. The van der Waals surface area contributed by atoms with Gasteiger partial charge in [0.2, 0.25) is 0 Å². The second kappa shape index (κ2) is 2.70. The van der Waals surface area contributed by atoms with Crippen molar-refractivity contribution in [1.82, 2.24) is 0 Å². The summed E-state index contributed by atoms with van der Waals surface area (Å²) < 4.78 is 4.69. The predicted octanol–water partition coefficient (Wildman–Crippen LogP) is -0.516. The number of allylic oxidation sites excluding steroid dienone is 1. The second-order valence-electron chi connectivity index (χ2n) is 2.08. The van der Waals surface area contributed by atoms with E-state index >= 15 is 0 Å². The van der Waals surface area contributed by atoms with E-state index in [1.54, 1.807) is 6.08 Å². The van der Waals surface area contributed by atoms with E-state index < -0.39 is 12.2 Å². The average Bonchev–Trinajstić information content (AvgIpc) is 1.88. The van der Waals surface area contributed by atoms with Crippen molar-refractivity contribution in [3.63, 3.8) is 0 Å². The van der Waals surface area contributed by atoms with E-state index in [2.05, 4.69) is 4.74 Å². The van der Waals surface area contributed by atoms with E-state index in [4.69, 9.17) is 10.8 Å². The van der Waals surface area contributed by atoms with Crippen molar-refractivity contribution in [1.29, 1.82) is 0 Å². The molecule has 4 nitrogen and oxygen atoms in total. The molecule has 0 saturated carbocycles. The maximum atomic E-state index is 10.4. The molecule has 56 valence electrons. The van der Waals surface area contributed by atoms with Crippen LogP contribution in [-0.2, 0) is 9.53 Å². The number of hydrogen-bond donors (Lipinski definition) is 2. The highest BCUT2D eigenvalue weighted by Gasteiger charge is 2.16. The molecule has 1 aliphatic heterocycles. The van der Waals surface area contributed by atoms with E-state index in [-0.39, 0.29) is 5.76 Å². The predicted molar refractivity (Wildman–Crippen MR) is 33.6 cm³/mol. The van der Waals surface area contributed by atoms with Gasteiger partial charge in [-0.2, -0.15) is 0 Å². The third-order valence-corrected chi connectivity index (χ3v) is 1.25. The van der Waals surface area contributed by atoms with Crippen molar-refractivity contribution in [2.24, 2.45) is 5.73 Å². The lowest BCUT2D eigenvalue weighted by molar-refractivity contribution is -0.128. The van der Waals surface area contributed by atoms with Crippen LogP contribution in [-0.4, -0.2) is 17.3 Å². The molecule has 1 amide bonds. The number of carbonyl (C=O) groups is 1. The number of carbonyl (C=O) groups excluding carboxylic acids is 1. The fraction of sp³-hybridized carbons (Fsp3) is 0.500. The Morgan fingerprint density at radius 3 is 3.00 bits per heavy atom. The van der Waals surface area contributed by atoms with Gasteiger partial charge in [-0.25, -0.2) is 0 Å². The molecule has 3 N–H and O–H groups in total. The summed E-state index contributed by atoms with van der Waals surface area (Å²) in [5.41, 5.74) is 4.89. The van der Waals surface area contributed by atoms with Crippen molar-refractivity contribution in [2.75, 3.05) is 0 Å². The van der Waals surface area contributed by atoms with Crippen LogP contribution in [0.4, 0.5) is 0 Å². The molecule has 1 atom stereocenters. The Kier molecular flexibility index (Phi) is 1.91. The Hall–Kier alpha value is -1.03. The van der Waals surface area contributed by atoms with Gasteiger partial charge in [-0.3, -0.25) is 4.79 Å². The molecule has 1 rings (SSSR count). The van der Waals surface area contributed by atoms with Gasteiger partial charge in [0.15, 0.2) is 12.0 Å². The smallest absolute Gasteiger partial charge is 0.283 e. The number of amides is 1. The third kappa shape index (κ3) is 1.48. The minimum absolute atomic E-state index is 0.0683. The fourth-order valence-electron chi connectivity index (χ4n) is 0.769. The summed E-state index contributed by atoms with van der Waals surface area (Å²) in [4.78, 5) is 10.4. The van der Waals surface area contributed by atoms with Crippen LogP contribution in [0.15, 0.2) is 11.8 Å². The van der Waals surface area contributed by atoms with Gasteiger partial charge in [0.25, 0.3) is 5.91 Å². The molecule has 1 heterocycles. The Bertz CT molecular complexity index is 176. The van der Waals surface area contributed by atoms with Crippen LogP contribution >= 0.6 is 0 Å². The van der Waals surface area contributed by atoms with E-state index in [1.165, 1.54) is 0 Å². The highest BCUT2D eigenvalue weighted by Crippen LogP contribution is 2.13. The van der Waals surface area contributed by atoms with Crippen LogP contribution in [0.2, 0.25) is 0 Å². The quantitative estimate of drug-likeness (QED) is 0.519. The molecule has 0 saturated heterocycles. The van der Waals surface area contributed by atoms with Gasteiger partial charge in [0.05, 0.1) is 0 Å². The van der Waals surface area contributed by atoms with Crippen LogP contribution in [0.1, 0.15) is 12.8 Å². The number of aliphatic hydroxyl groups excluding tert-OH is 1. The molecule has 0 bridgehead atoms. The number of rotatable bonds is 1. The van der Waals surface area contributed by atoms with E-state index in [0.717, 1.165) is 0 Å². The standard InChI is InChI=1S/C6H9NO3/c7-6(9)4-2-1-3-5(8)10-4/h2,5,8H,1,3H2,(H2,7,9). The number of primary amides is 1. The Labute approximate surface area is 58.3 Å². The molecule has 0 aromatic heterocycles. The normalized spacial score (nSPS) is 24.9. The van der Waals surface area contributed by atoms with E-state index in [9.17, 15) is 4.79 Å². The monoisotopic (exact) mass is 143 g/mol. The summed E-state index contributed by atoms with van der Waals surface area (Å²) in [6.07, 6.45) is 1.87. The topological polar surface area (TPSA) is 72.6 Å². The highest BCUT2D eigenvalue weighted by atomic mass is 16.6. The summed E-state index contributed by atoms with van der Waals surface area (Å²) in [7, 11) is 0. The lowest BCUT2D eigenvalue weighted by Crippen LogP contribution is -2.24. The highest BCUT2D eigenvalue weighted by molar-refractivity contribution is 5.89. The Morgan fingerprint density at radius 1 is 1.90 bits per heavy atom. The summed E-state index contributed by atoms with van der Waals surface area (Å²) in [6, 6.07) is 0. The maximum Gasteiger partial charge on any atom is 0.283 e. The second-order valence-corrected chi connectivity index (χ2v) is 2.08. The molecule has 1 unspecified atom stereocenters. The molecule has 0 fully saturated rings. The number of hydrogen-bond acceptors (Lipinski definition) is 3. The van der Waals surface area contributed by atoms with Crippen molar-refractivity contribution in [3.8, 4) is 0 Å². The molecule has 4 heteroatoms.